The highest BCUT2D eigenvalue weighted by molar-refractivity contribution is 5.86. The quantitative estimate of drug-likeness (QED) is 0.868. The molecule has 0 unspecified atom stereocenters. The molecule has 6 heteroatoms. The summed E-state index contributed by atoms with van der Waals surface area (Å²) in [5, 5.41) is 0. The zero-order valence-electron chi connectivity index (χ0n) is 13.4. The number of rotatable bonds is 3. The molecule has 5 nitrogen and oxygen atoms in total. The van der Waals surface area contributed by atoms with E-state index in [1.165, 1.54) is 12.1 Å². The molecule has 1 aromatic heterocycles. The Bertz CT molecular complexity index is 754. The first-order valence-electron chi connectivity index (χ1n) is 8.22. The highest BCUT2D eigenvalue weighted by Gasteiger charge is 2.51. The molecule has 2 saturated heterocycles. The third-order valence-electron chi connectivity index (χ3n) is 5.05. The predicted octanol–water partition coefficient (Wildman–Crippen LogP) is 2.24. The molecule has 0 radical (unpaired) electrons. The molecule has 0 N–H and O–H groups in total. The Hall–Kier alpha value is -2.50. The summed E-state index contributed by atoms with van der Waals surface area (Å²) in [6, 6.07) is 8.25. The van der Waals surface area contributed by atoms with Crippen LogP contribution in [0.4, 0.5) is 10.3 Å². The van der Waals surface area contributed by atoms with Crippen molar-refractivity contribution in [3.05, 3.63) is 54.1 Å². The molecule has 0 aliphatic carbocycles. The van der Waals surface area contributed by atoms with Crippen LogP contribution in [0.5, 0.6) is 0 Å². The van der Waals surface area contributed by atoms with Crippen LogP contribution in [0.2, 0.25) is 0 Å². The molecule has 4 rings (SSSR count). The molecule has 124 valence electrons. The lowest BCUT2D eigenvalue weighted by Crippen LogP contribution is -2.37. The average Bonchev–Trinajstić information content (AvgIpc) is 3.16. The van der Waals surface area contributed by atoms with E-state index in [0.717, 1.165) is 31.5 Å². The van der Waals surface area contributed by atoms with Gasteiger partial charge in [-0.2, -0.15) is 0 Å². The topological polar surface area (TPSA) is 49.3 Å². The van der Waals surface area contributed by atoms with Gasteiger partial charge in [-0.1, -0.05) is 12.1 Å². The van der Waals surface area contributed by atoms with Gasteiger partial charge in [0, 0.05) is 38.6 Å². The molecule has 2 aliphatic heterocycles. The van der Waals surface area contributed by atoms with Gasteiger partial charge in [-0.05, 0) is 36.6 Å². The van der Waals surface area contributed by atoms with Gasteiger partial charge in [-0.15, -0.1) is 0 Å². The number of likely N-dealkylation sites (tertiary alicyclic amines) is 1. The number of nitrogens with zero attached hydrogens (tertiary/aromatic N) is 4. The zero-order chi connectivity index (χ0) is 16.6. The van der Waals surface area contributed by atoms with Crippen molar-refractivity contribution in [1.82, 2.24) is 14.9 Å². The maximum absolute atomic E-state index is 13.3. The van der Waals surface area contributed by atoms with E-state index in [1.807, 2.05) is 11.0 Å². The molecule has 24 heavy (non-hydrogen) atoms. The Kier molecular flexibility index (Phi) is 3.67. The molecule has 1 spiro atoms. The molecule has 0 saturated carbocycles. The largest absolute Gasteiger partial charge is 0.340 e. The molecule has 1 aromatic carbocycles. The summed E-state index contributed by atoms with van der Waals surface area (Å²) in [6.07, 6.45) is 5.11. The summed E-state index contributed by atoms with van der Waals surface area (Å²) in [5.41, 5.74) is 0.494. The Morgan fingerprint density at radius 1 is 1.12 bits per heavy atom. The minimum atomic E-state index is -0.341. The molecule has 2 fully saturated rings. The number of benzene rings is 1. The molecule has 1 atom stereocenters. The van der Waals surface area contributed by atoms with Gasteiger partial charge in [0.05, 0.1) is 5.41 Å². The predicted molar refractivity (Wildman–Crippen MR) is 87.7 cm³/mol. The van der Waals surface area contributed by atoms with E-state index in [0.29, 0.717) is 19.0 Å². The fourth-order valence-electron chi connectivity index (χ4n) is 3.78. The summed E-state index contributed by atoms with van der Waals surface area (Å²) < 4.78 is 13.3. The maximum Gasteiger partial charge on any atom is 0.231 e. The first-order chi connectivity index (χ1) is 11.7. The summed E-state index contributed by atoms with van der Waals surface area (Å²) >= 11 is 0. The number of carbonyl (C=O) groups excluding carboxylic acids is 1. The van der Waals surface area contributed by atoms with E-state index >= 15 is 0 Å². The van der Waals surface area contributed by atoms with Crippen LogP contribution in [0.1, 0.15) is 18.4 Å². The number of carbonyl (C=O) groups is 1. The number of amides is 1. The zero-order valence-corrected chi connectivity index (χ0v) is 13.4. The standard InChI is InChI=1S/C18H19FN4O/c19-15-4-1-3-14(11-15)12-22-9-5-18(16(22)24)6-10-23(13-18)17-20-7-2-8-21-17/h1-4,7-8,11H,5-6,9-10,12-13H2/t18-/m0/s1. The van der Waals surface area contributed by atoms with E-state index < -0.39 is 0 Å². The van der Waals surface area contributed by atoms with Crippen molar-refractivity contribution in [3.8, 4) is 0 Å². The molecule has 3 heterocycles. The fraction of sp³-hybridized carbons (Fsp3) is 0.389. The van der Waals surface area contributed by atoms with Gasteiger partial charge in [0.1, 0.15) is 5.82 Å². The number of hydrogen-bond acceptors (Lipinski definition) is 4. The van der Waals surface area contributed by atoms with Crippen LogP contribution in [0, 0.1) is 11.2 Å². The summed E-state index contributed by atoms with van der Waals surface area (Å²) in [7, 11) is 0. The summed E-state index contributed by atoms with van der Waals surface area (Å²) in [6.45, 7) is 2.65. The van der Waals surface area contributed by atoms with Gasteiger partial charge in [-0.3, -0.25) is 4.79 Å². The van der Waals surface area contributed by atoms with Crippen LogP contribution >= 0.6 is 0 Å². The van der Waals surface area contributed by atoms with Crippen LogP contribution in [0.25, 0.3) is 0 Å². The van der Waals surface area contributed by atoms with Crippen molar-refractivity contribution in [2.24, 2.45) is 5.41 Å². The molecule has 0 bridgehead atoms. The molecule has 2 aromatic rings. The van der Waals surface area contributed by atoms with Crippen molar-refractivity contribution in [3.63, 3.8) is 0 Å². The van der Waals surface area contributed by atoms with E-state index in [9.17, 15) is 9.18 Å². The molecular formula is C18H19FN4O. The van der Waals surface area contributed by atoms with Crippen molar-refractivity contribution in [2.45, 2.75) is 19.4 Å². The third kappa shape index (κ3) is 2.62. The lowest BCUT2D eigenvalue weighted by molar-refractivity contribution is -0.135. The van der Waals surface area contributed by atoms with Crippen molar-refractivity contribution in [1.29, 1.82) is 0 Å². The van der Waals surface area contributed by atoms with Crippen LogP contribution in [-0.4, -0.2) is 40.4 Å². The Morgan fingerprint density at radius 3 is 2.71 bits per heavy atom. The monoisotopic (exact) mass is 326 g/mol. The van der Waals surface area contributed by atoms with E-state index in [1.54, 1.807) is 24.5 Å². The van der Waals surface area contributed by atoms with Crippen LogP contribution in [-0.2, 0) is 11.3 Å². The number of anilines is 1. The second kappa shape index (κ2) is 5.85. The second-order valence-corrected chi connectivity index (χ2v) is 6.61. The van der Waals surface area contributed by atoms with Crippen molar-refractivity contribution >= 4 is 11.9 Å². The smallest absolute Gasteiger partial charge is 0.231 e. The first kappa shape index (κ1) is 15.1. The molecular weight excluding hydrogens is 307 g/mol. The maximum atomic E-state index is 13.3. The minimum Gasteiger partial charge on any atom is -0.340 e. The average molecular weight is 326 g/mol. The van der Waals surface area contributed by atoms with Gasteiger partial charge >= 0.3 is 0 Å². The van der Waals surface area contributed by atoms with E-state index in [4.69, 9.17) is 0 Å². The highest BCUT2D eigenvalue weighted by atomic mass is 19.1. The number of halogens is 1. The third-order valence-corrected chi connectivity index (χ3v) is 5.05. The van der Waals surface area contributed by atoms with Gasteiger partial charge in [-0.25, -0.2) is 14.4 Å². The number of hydrogen-bond donors (Lipinski definition) is 0. The first-order valence-corrected chi connectivity index (χ1v) is 8.22. The molecule has 2 aliphatic rings. The normalized spacial score (nSPS) is 23.5. The van der Waals surface area contributed by atoms with Crippen LogP contribution < -0.4 is 4.90 Å². The van der Waals surface area contributed by atoms with Crippen LogP contribution in [0.15, 0.2) is 42.7 Å². The Labute approximate surface area is 140 Å². The Morgan fingerprint density at radius 2 is 1.92 bits per heavy atom. The lowest BCUT2D eigenvalue weighted by Gasteiger charge is -2.23. The van der Waals surface area contributed by atoms with E-state index in [2.05, 4.69) is 14.9 Å². The SMILES string of the molecule is O=C1N(Cc2cccc(F)c2)CC[C@@]12CCN(c1ncccn1)C2. The van der Waals surface area contributed by atoms with Gasteiger partial charge in [0.25, 0.3) is 0 Å². The Balaban J connectivity index is 1.47. The molecule has 1 amide bonds. The van der Waals surface area contributed by atoms with Gasteiger partial charge < -0.3 is 9.80 Å². The van der Waals surface area contributed by atoms with Crippen LogP contribution in [0.3, 0.4) is 0 Å². The van der Waals surface area contributed by atoms with E-state index in [-0.39, 0.29) is 17.1 Å². The summed E-state index contributed by atoms with van der Waals surface area (Å²) in [5.74, 6) is 0.595. The minimum absolute atomic E-state index is 0.171. The van der Waals surface area contributed by atoms with Gasteiger partial charge in [0.15, 0.2) is 0 Å². The number of aromatic nitrogens is 2. The highest BCUT2D eigenvalue weighted by Crippen LogP contribution is 2.41. The van der Waals surface area contributed by atoms with Crippen molar-refractivity contribution in [2.75, 3.05) is 24.5 Å². The van der Waals surface area contributed by atoms with Crippen molar-refractivity contribution < 1.29 is 9.18 Å². The van der Waals surface area contributed by atoms with Gasteiger partial charge in [0.2, 0.25) is 11.9 Å². The second-order valence-electron chi connectivity index (χ2n) is 6.61. The fourth-order valence-corrected chi connectivity index (χ4v) is 3.78. The lowest BCUT2D eigenvalue weighted by atomic mass is 9.85. The summed E-state index contributed by atoms with van der Waals surface area (Å²) in [4.78, 5) is 25.5.